The molecule has 3 rings (SSSR count). The first kappa shape index (κ1) is 17.5. The summed E-state index contributed by atoms with van der Waals surface area (Å²) in [6, 6.07) is 0.352. The number of nitrogens with two attached hydrogens (primary N) is 1. The van der Waals surface area contributed by atoms with E-state index < -0.39 is 6.09 Å². The van der Waals surface area contributed by atoms with Gasteiger partial charge in [-0.1, -0.05) is 0 Å². The van der Waals surface area contributed by atoms with Crippen molar-refractivity contribution < 1.29 is 18.7 Å². The molecule has 2 aliphatic rings. The third-order valence-electron chi connectivity index (χ3n) is 4.21. The van der Waals surface area contributed by atoms with E-state index >= 15 is 0 Å². The largest absolute Gasteiger partial charge is 0.445 e. The van der Waals surface area contributed by atoms with Crippen LogP contribution in [0.5, 0.6) is 0 Å². The number of ether oxygens (including phenoxy) is 1. The number of aromatic nitrogens is 1. The Hall–Kier alpha value is -1.35. The van der Waals surface area contributed by atoms with Gasteiger partial charge in [0.1, 0.15) is 6.61 Å². The summed E-state index contributed by atoms with van der Waals surface area (Å²) in [6.07, 6.45) is 2.28. The lowest BCUT2D eigenvalue weighted by atomic mass is 10.0. The van der Waals surface area contributed by atoms with Gasteiger partial charge in [-0.05, 0) is 51.1 Å². The number of hydrogen-bond donors (Lipinski definition) is 1. The molecule has 1 saturated carbocycles. The van der Waals surface area contributed by atoms with Gasteiger partial charge in [0.05, 0.1) is 27.6 Å². The van der Waals surface area contributed by atoms with Crippen LogP contribution in [0.3, 0.4) is 0 Å². The van der Waals surface area contributed by atoms with E-state index in [2.05, 4.69) is 36.6 Å². The van der Waals surface area contributed by atoms with Crippen LogP contribution in [0.15, 0.2) is 21.1 Å². The summed E-state index contributed by atoms with van der Waals surface area (Å²) in [7, 11) is 0. The summed E-state index contributed by atoms with van der Waals surface area (Å²) in [5.74, 6) is 0.00393. The number of carbonyl (C=O) groups excluding carboxylic acids is 2. The molecule has 2 heterocycles. The second kappa shape index (κ2) is 6.87. The predicted octanol–water partition coefficient (Wildman–Crippen LogP) is 3.12. The molecular weight excluding hydrogens is 449 g/mol. The van der Waals surface area contributed by atoms with Crippen molar-refractivity contribution in [1.82, 2.24) is 9.47 Å². The minimum Gasteiger partial charge on any atom is -0.445 e. The molecule has 1 aromatic heterocycles. The molecule has 0 unspecified atom stereocenters. The Balaban J connectivity index is 1.86. The van der Waals surface area contributed by atoms with Crippen molar-refractivity contribution >= 4 is 43.9 Å². The fraction of sp³-hybridized carbons (Fsp3) is 0.467. The van der Waals surface area contributed by atoms with E-state index in [9.17, 15) is 14.0 Å². The average Bonchev–Trinajstić information content (AvgIpc) is 3.34. The molecule has 0 radical (unpaired) electrons. The van der Waals surface area contributed by atoms with E-state index in [1.807, 2.05) is 4.90 Å². The van der Waals surface area contributed by atoms with Crippen LogP contribution in [0.4, 0.5) is 9.18 Å². The van der Waals surface area contributed by atoms with E-state index in [1.54, 1.807) is 4.57 Å². The van der Waals surface area contributed by atoms with Crippen molar-refractivity contribution in [3.05, 3.63) is 32.2 Å². The molecule has 2 N–H and O–H groups in total. The highest BCUT2D eigenvalue weighted by Crippen LogP contribution is 2.39. The second-order valence-corrected chi connectivity index (χ2v) is 7.38. The summed E-state index contributed by atoms with van der Waals surface area (Å²) in [5, 5.41) is 0. The topological polar surface area (TPSA) is 77.6 Å². The Morgan fingerprint density at radius 2 is 2.08 bits per heavy atom. The van der Waals surface area contributed by atoms with Crippen LogP contribution in [0.2, 0.25) is 0 Å². The Morgan fingerprint density at radius 3 is 2.67 bits per heavy atom. The summed E-state index contributed by atoms with van der Waals surface area (Å²) >= 11 is 6.97. The highest BCUT2D eigenvalue weighted by Gasteiger charge is 2.39. The molecule has 2 amide bonds. The van der Waals surface area contributed by atoms with Crippen molar-refractivity contribution in [2.24, 2.45) is 5.73 Å². The number of nitrogens with zero attached hydrogens (tertiary/aromatic N) is 2. The molecule has 1 fully saturated rings. The number of halogens is 3. The van der Waals surface area contributed by atoms with Gasteiger partial charge in [0.25, 0.3) is 5.91 Å². The maximum Gasteiger partial charge on any atom is 0.404 e. The smallest absolute Gasteiger partial charge is 0.404 e. The van der Waals surface area contributed by atoms with Gasteiger partial charge in [0, 0.05) is 23.7 Å². The molecule has 1 aromatic rings. The third kappa shape index (κ3) is 3.23. The van der Waals surface area contributed by atoms with Gasteiger partial charge >= 0.3 is 6.09 Å². The van der Waals surface area contributed by atoms with Crippen molar-refractivity contribution in [2.75, 3.05) is 13.2 Å². The van der Waals surface area contributed by atoms with Crippen LogP contribution in [-0.4, -0.2) is 40.7 Å². The van der Waals surface area contributed by atoms with E-state index in [0.29, 0.717) is 29.1 Å². The lowest BCUT2D eigenvalue weighted by molar-refractivity contribution is 0.0726. The van der Waals surface area contributed by atoms with Crippen molar-refractivity contribution in [3.63, 3.8) is 0 Å². The predicted molar refractivity (Wildman–Crippen MR) is 92.3 cm³/mol. The van der Waals surface area contributed by atoms with Gasteiger partial charge in [0.15, 0.2) is 0 Å². The molecule has 0 spiro atoms. The Morgan fingerprint density at radius 1 is 1.38 bits per heavy atom. The lowest BCUT2D eigenvalue weighted by Gasteiger charge is -2.27. The van der Waals surface area contributed by atoms with Crippen molar-refractivity contribution in [2.45, 2.75) is 31.8 Å². The summed E-state index contributed by atoms with van der Waals surface area (Å²) in [5.41, 5.74) is 6.67. The van der Waals surface area contributed by atoms with Gasteiger partial charge in [-0.2, -0.15) is 0 Å². The van der Waals surface area contributed by atoms with E-state index in [-0.39, 0.29) is 24.6 Å². The SMILES string of the molecule is NC(=O)OC/C(=C/F)Cn1c(Br)c2c(c1Br)C(=O)N(C1CC1)CC2. The standard InChI is InChI=1S/C15H16Br2FN3O3/c16-12-10-3-4-20(9-1-2-9)14(22)11(10)13(17)21(12)6-8(5-18)7-24-15(19)23/h5,9H,1-4,6-7H2,(H2,19,23)/b8-5+. The second-order valence-electron chi connectivity index (χ2n) is 5.88. The van der Waals surface area contributed by atoms with Gasteiger partial charge in [0.2, 0.25) is 0 Å². The van der Waals surface area contributed by atoms with E-state index in [4.69, 9.17) is 5.73 Å². The number of hydrogen-bond acceptors (Lipinski definition) is 3. The Bertz CT molecular complexity index is 728. The zero-order chi connectivity index (χ0) is 17.4. The molecule has 0 saturated heterocycles. The Labute approximate surface area is 155 Å². The van der Waals surface area contributed by atoms with Crippen LogP contribution in [0.25, 0.3) is 0 Å². The normalized spacial score (nSPS) is 17.9. The van der Waals surface area contributed by atoms with Crippen LogP contribution >= 0.6 is 31.9 Å². The van der Waals surface area contributed by atoms with Gasteiger partial charge in [-0.25, -0.2) is 9.18 Å². The van der Waals surface area contributed by atoms with Gasteiger partial charge in [-0.3, -0.25) is 4.79 Å². The molecule has 1 aliphatic carbocycles. The molecule has 0 aromatic carbocycles. The van der Waals surface area contributed by atoms with Crippen molar-refractivity contribution in [1.29, 1.82) is 0 Å². The molecule has 24 heavy (non-hydrogen) atoms. The third-order valence-corrected chi connectivity index (χ3v) is 5.94. The first-order valence-electron chi connectivity index (χ1n) is 7.51. The fourth-order valence-electron chi connectivity index (χ4n) is 2.89. The Kier molecular flexibility index (Phi) is 5.00. The number of carbonyl (C=O) groups is 2. The minimum atomic E-state index is -0.963. The maximum absolute atomic E-state index is 13.1. The highest BCUT2D eigenvalue weighted by atomic mass is 79.9. The molecule has 6 nitrogen and oxygen atoms in total. The number of fused-ring (bicyclic) bond motifs is 1. The number of primary amides is 1. The van der Waals surface area contributed by atoms with E-state index in [1.165, 1.54) is 0 Å². The monoisotopic (exact) mass is 463 g/mol. The quantitative estimate of drug-likeness (QED) is 0.727. The lowest BCUT2D eigenvalue weighted by Crippen LogP contribution is -2.38. The first-order chi connectivity index (χ1) is 11.4. The average molecular weight is 465 g/mol. The highest BCUT2D eigenvalue weighted by molar-refractivity contribution is 9.11. The molecule has 1 aliphatic heterocycles. The minimum absolute atomic E-state index is 0.00393. The number of rotatable bonds is 5. The van der Waals surface area contributed by atoms with Gasteiger partial charge in [-0.15, -0.1) is 0 Å². The van der Waals surface area contributed by atoms with Crippen molar-refractivity contribution in [3.8, 4) is 0 Å². The van der Waals surface area contributed by atoms with Crippen LogP contribution in [0, 0.1) is 0 Å². The van der Waals surface area contributed by atoms with Crippen LogP contribution in [-0.2, 0) is 17.7 Å². The molecule has 130 valence electrons. The molecule has 0 bridgehead atoms. The summed E-state index contributed by atoms with van der Waals surface area (Å²) in [4.78, 5) is 25.3. The molecule has 0 atom stereocenters. The van der Waals surface area contributed by atoms with Gasteiger partial charge < -0.3 is 19.9 Å². The zero-order valence-electron chi connectivity index (χ0n) is 12.7. The fourth-order valence-corrected chi connectivity index (χ4v) is 4.54. The molecule has 9 heteroatoms. The van der Waals surface area contributed by atoms with Crippen LogP contribution < -0.4 is 5.73 Å². The van der Waals surface area contributed by atoms with E-state index in [0.717, 1.165) is 29.4 Å². The number of amides is 2. The molecular formula is C15H16Br2FN3O3. The first-order valence-corrected chi connectivity index (χ1v) is 9.10. The maximum atomic E-state index is 13.1. The van der Waals surface area contributed by atoms with Crippen LogP contribution in [0.1, 0.15) is 28.8 Å². The summed E-state index contributed by atoms with van der Waals surface area (Å²) < 4.78 is 20.8. The summed E-state index contributed by atoms with van der Waals surface area (Å²) in [6.45, 7) is 0.590. The zero-order valence-corrected chi connectivity index (χ0v) is 15.9.